The largest absolute Gasteiger partial charge is 0.343 e. The third kappa shape index (κ3) is 4.00. The van der Waals surface area contributed by atoms with Gasteiger partial charge < -0.3 is 4.90 Å². The van der Waals surface area contributed by atoms with Crippen molar-refractivity contribution in [1.29, 1.82) is 0 Å². The van der Waals surface area contributed by atoms with Gasteiger partial charge in [-0.05, 0) is 22.9 Å². The number of hydrogen-bond donors (Lipinski definition) is 1. The smallest absolute Gasteiger partial charge is 0.339 e. The van der Waals surface area contributed by atoms with Crippen LogP contribution in [0.15, 0.2) is 57.3 Å². The van der Waals surface area contributed by atoms with E-state index in [1.54, 1.807) is 24.1 Å². The van der Waals surface area contributed by atoms with E-state index in [1.165, 1.54) is 20.6 Å². The average Bonchev–Trinajstić information content (AvgIpc) is 3.09. The van der Waals surface area contributed by atoms with Crippen molar-refractivity contribution in [2.75, 3.05) is 31.9 Å². The molecule has 1 aliphatic rings. The highest BCUT2D eigenvalue weighted by molar-refractivity contribution is 7.99. The van der Waals surface area contributed by atoms with Crippen LogP contribution >= 0.6 is 11.8 Å². The molecule has 158 valence electrons. The summed E-state index contributed by atoms with van der Waals surface area (Å²) in [6.07, 6.45) is 0. The number of carbonyl (C=O) groups is 1. The van der Waals surface area contributed by atoms with E-state index in [0.29, 0.717) is 18.2 Å². The fourth-order valence-electron chi connectivity index (χ4n) is 3.33. The van der Waals surface area contributed by atoms with E-state index in [0.717, 1.165) is 10.8 Å². The molecule has 1 saturated heterocycles. The Morgan fingerprint density at radius 3 is 2.47 bits per heavy atom. The predicted octanol–water partition coefficient (Wildman–Crippen LogP) is 0.887. The van der Waals surface area contributed by atoms with Crippen molar-refractivity contribution >= 4 is 38.5 Å². The van der Waals surface area contributed by atoms with Crippen molar-refractivity contribution < 1.29 is 13.2 Å². The number of thioether (sulfide) groups is 1. The van der Waals surface area contributed by atoms with Gasteiger partial charge in [0.2, 0.25) is 15.9 Å². The molecule has 0 atom stereocenters. The third-order valence-electron chi connectivity index (χ3n) is 5.11. The van der Waals surface area contributed by atoms with E-state index in [-0.39, 0.29) is 35.3 Å². The summed E-state index contributed by atoms with van der Waals surface area (Å²) in [5.74, 6) is 0.0217. The number of fused-ring (bicyclic) bond motifs is 1. The highest BCUT2D eigenvalue weighted by Gasteiger charge is 2.30. The zero-order valence-corrected chi connectivity index (χ0v) is 17.9. The Hall–Kier alpha value is -2.63. The lowest BCUT2D eigenvalue weighted by Crippen LogP contribution is -2.51. The summed E-state index contributed by atoms with van der Waals surface area (Å²) in [5, 5.41) is 8.48. The van der Waals surface area contributed by atoms with Crippen LogP contribution in [-0.4, -0.2) is 70.2 Å². The van der Waals surface area contributed by atoms with Gasteiger partial charge in [-0.2, -0.15) is 4.31 Å². The normalized spacial score (nSPS) is 15.6. The van der Waals surface area contributed by atoms with Crippen LogP contribution in [0.25, 0.3) is 10.8 Å². The monoisotopic (exact) mass is 447 g/mol. The number of benzene rings is 2. The van der Waals surface area contributed by atoms with Crippen molar-refractivity contribution in [3.05, 3.63) is 52.9 Å². The molecule has 0 spiro atoms. The molecule has 0 unspecified atom stereocenters. The number of aromatic amines is 1. The maximum absolute atomic E-state index is 13.0. The van der Waals surface area contributed by atoms with Gasteiger partial charge >= 0.3 is 5.69 Å². The van der Waals surface area contributed by atoms with Crippen LogP contribution < -0.4 is 5.69 Å². The lowest BCUT2D eigenvalue weighted by molar-refractivity contribution is -0.129. The fourth-order valence-corrected chi connectivity index (χ4v) is 5.61. The SMILES string of the molecule is Cn1c(SCC(=O)N2CCN(S(=O)(=O)c3ccc4ccccc4c3)CC2)n[nH]c1=O. The van der Waals surface area contributed by atoms with E-state index in [4.69, 9.17) is 0 Å². The van der Waals surface area contributed by atoms with Gasteiger partial charge in [-0.25, -0.2) is 18.3 Å². The molecule has 0 aliphatic carbocycles. The third-order valence-corrected chi connectivity index (χ3v) is 8.02. The molecule has 1 aromatic heterocycles. The molecule has 4 rings (SSSR count). The van der Waals surface area contributed by atoms with Crippen LogP contribution in [0.3, 0.4) is 0 Å². The minimum Gasteiger partial charge on any atom is -0.339 e. The first-order valence-electron chi connectivity index (χ1n) is 9.37. The molecule has 2 heterocycles. The molecule has 1 aliphatic heterocycles. The van der Waals surface area contributed by atoms with Gasteiger partial charge in [0, 0.05) is 33.2 Å². The van der Waals surface area contributed by atoms with Crippen molar-refractivity contribution in [2.24, 2.45) is 7.05 Å². The second kappa shape index (κ2) is 8.25. The molecule has 1 fully saturated rings. The molecule has 9 nitrogen and oxygen atoms in total. The van der Waals surface area contributed by atoms with Gasteiger partial charge in [-0.3, -0.25) is 9.36 Å². The standard InChI is InChI=1S/C19H21N5O4S2/c1-22-18(26)20-21-19(22)29-13-17(25)23-8-10-24(11-9-23)30(27,28)16-7-6-14-4-2-3-5-15(14)12-16/h2-7,12H,8-11,13H2,1H3,(H,20,26). The van der Waals surface area contributed by atoms with Gasteiger partial charge in [0.15, 0.2) is 5.16 Å². The Morgan fingerprint density at radius 2 is 1.80 bits per heavy atom. The Morgan fingerprint density at radius 1 is 1.10 bits per heavy atom. The van der Waals surface area contributed by atoms with Gasteiger partial charge in [0.25, 0.3) is 0 Å². The summed E-state index contributed by atoms with van der Waals surface area (Å²) in [5.41, 5.74) is -0.336. The Bertz CT molecular complexity index is 1240. The first kappa shape index (κ1) is 20.6. The molecule has 1 amide bonds. The molecule has 0 bridgehead atoms. The fraction of sp³-hybridized carbons (Fsp3) is 0.316. The zero-order chi connectivity index (χ0) is 21.3. The van der Waals surface area contributed by atoms with Crippen molar-refractivity contribution in [2.45, 2.75) is 10.1 Å². The topological polar surface area (TPSA) is 108 Å². The Labute approximate surface area is 177 Å². The summed E-state index contributed by atoms with van der Waals surface area (Å²) in [7, 11) is -2.04. The molecule has 0 radical (unpaired) electrons. The number of sulfonamides is 1. The maximum atomic E-state index is 13.0. The van der Waals surface area contributed by atoms with Gasteiger partial charge in [0.05, 0.1) is 10.6 Å². The summed E-state index contributed by atoms with van der Waals surface area (Å²) >= 11 is 1.17. The predicted molar refractivity (Wildman–Crippen MR) is 114 cm³/mol. The Balaban J connectivity index is 1.38. The quantitative estimate of drug-likeness (QED) is 0.582. The lowest BCUT2D eigenvalue weighted by Gasteiger charge is -2.34. The number of rotatable bonds is 5. The van der Waals surface area contributed by atoms with Gasteiger partial charge in [-0.1, -0.05) is 42.1 Å². The number of aromatic nitrogens is 3. The first-order chi connectivity index (χ1) is 14.4. The van der Waals surface area contributed by atoms with Crippen molar-refractivity contribution in [3.63, 3.8) is 0 Å². The highest BCUT2D eigenvalue weighted by Crippen LogP contribution is 2.23. The first-order valence-corrected chi connectivity index (χ1v) is 11.8. The van der Waals surface area contributed by atoms with Crippen LogP contribution in [-0.2, 0) is 21.9 Å². The van der Waals surface area contributed by atoms with Crippen LogP contribution in [0.4, 0.5) is 0 Å². The summed E-state index contributed by atoms with van der Waals surface area (Å²) < 4.78 is 28.8. The van der Waals surface area contributed by atoms with Gasteiger partial charge in [0.1, 0.15) is 0 Å². The van der Waals surface area contributed by atoms with E-state index < -0.39 is 10.0 Å². The summed E-state index contributed by atoms with van der Waals surface area (Å²) in [6.45, 7) is 1.14. The average molecular weight is 448 g/mol. The molecule has 11 heteroatoms. The number of piperazine rings is 1. The van der Waals surface area contributed by atoms with E-state index in [2.05, 4.69) is 10.2 Å². The van der Waals surface area contributed by atoms with E-state index in [9.17, 15) is 18.0 Å². The molecular weight excluding hydrogens is 426 g/mol. The number of H-pyrrole nitrogens is 1. The van der Waals surface area contributed by atoms with Gasteiger partial charge in [-0.15, -0.1) is 5.10 Å². The van der Waals surface area contributed by atoms with E-state index in [1.807, 2.05) is 30.3 Å². The number of carbonyl (C=O) groups excluding carboxylic acids is 1. The molecule has 30 heavy (non-hydrogen) atoms. The number of hydrogen-bond acceptors (Lipinski definition) is 6. The minimum atomic E-state index is -3.62. The van der Waals surface area contributed by atoms with Crippen molar-refractivity contribution in [3.8, 4) is 0 Å². The summed E-state index contributed by atoms with van der Waals surface area (Å²) in [4.78, 5) is 25.8. The molecule has 0 saturated carbocycles. The van der Waals surface area contributed by atoms with E-state index >= 15 is 0 Å². The highest BCUT2D eigenvalue weighted by atomic mass is 32.2. The van der Waals surface area contributed by atoms with Crippen LogP contribution in [0, 0.1) is 0 Å². The molecule has 1 N–H and O–H groups in total. The van der Waals surface area contributed by atoms with Crippen LogP contribution in [0.2, 0.25) is 0 Å². The molecular formula is C19H21N5O4S2. The number of nitrogens with one attached hydrogen (secondary N) is 1. The van der Waals surface area contributed by atoms with Crippen LogP contribution in [0.5, 0.6) is 0 Å². The minimum absolute atomic E-state index is 0.113. The number of nitrogens with zero attached hydrogens (tertiary/aromatic N) is 4. The lowest BCUT2D eigenvalue weighted by atomic mass is 10.1. The molecule has 3 aromatic rings. The second-order valence-corrected chi connectivity index (χ2v) is 9.83. The summed E-state index contributed by atoms with van der Waals surface area (Å²) in [6, 6.07) is 12.7. The second-order valence-electron chi connectivity index (χ2n) is 6.95. The molecule has 2 aromatic carbocycles. The number of amides is 1. The van der Waals surface area contributed by atoms with Crippen LogP contribution in [0.1, 0.15) is 0 Å². The Kier molecular flexibility index (Phi) is 5.67. The van der Waals surface area contributed by atoms with Crippen molar-refractivity contribution in [1.82, 2.24) is 24.0 Å². The maximum Gasteiger partial charge on any atom is 0.343 e. The zero-order valence-electron chi connectivity index (χ0n) is 16.3.